The molecule has 0 radical (unpaired) electrons. The van der Waals surface area contributed by atoms with Crippen molar-refractivity contribution in [1.82, 2.24) is 5.32 Å². The van der Waals surface area contributed by atoms with Crippen LogP contribution in [0.4, 0.5) is 0 Å². The summed E-state index contributed by atoms with van der Waals surface area (Å²) in [6.45, 7) is 4.33. The van der Waals surface area contributed by atoms with Gasteiger partial charge >= 0.3 is 0 Å². The average Bonchev–Trinajstić information content (AvgIpc) is 2.36. The summed E-state index contributed by atoms with van der Waals surface area (Å²) in [6.07, 6.45) is 0. The van der Waals surface area contributed by atoms with Crippen LogP contribution in [-0.4, -0.2) is 11.0 Å². The lowest BCUT2D eigenvalue weighted by Gasteiger charge is -2.08. The zero-order chi connectivity index (χ0) is 13.8. The normalized spacial score (nSPS) is 10.2. The molecule has 3 heteroatoms. The molecule has 0 heterocycles. The fourth-order valence-electron chi connectivity index (χ4n) is 2.01. The molecule has 0 aromatic heterocycles. The molecule has 0 atom stereocenters. The Morgan fingerprint density at radius 1 is 1.16 bits per heavy atom. The van der Waals surface area contributed by atoms with Gasteiger partial charge in [-0.2, -0.15) is 0 Å². The summed E-state index contributed by atoms with van der Waals surface area (Å²) in [6, 6.07) is 12.6. The zero-order valence-corrected chi connectivity index (χ0v) is 11.1. The molecule has 2 aromatic rings. The predicted molar refractivity (Wildman–Crippen MR) is 75.2 cm³/mol. The molecule has 0 saturated heterocycles. The molecule has 19 heavy (non-hydrogen) atoms. The smallest absolute Gasteiger partial charge is 0.251 e. The van der Waals surface area contributed by atoms with Crippen molar-refractivity contribution >= 4 is 5.91 Å². The van der Waals surface area contributed by atoms with Gasteiger partial charge in [-0.15, -0.1) is 0 Å². The Morgan fingerprint density at radius 2 is 1.95 bits per heavy atom. The number of aromatic hydroxyl groups is 1. The van der Waals surface area contributed by atoms with Gasteiger partial charge in [0, 0.05) is 12.1 Å². The summed E-state index contributed by atoms with van der Waals surface area (Å²) in [4.78, 5) is 12.1. The van der Waals surface area contributed by atoms with Crippen LogP contribution in [0.5, 0.6) is 5.75 Å². The van der Waals surface area contributed by atoms with Crippen LogP contribution in [0.3, 0.4) is 0 Å². The van der Waals surface area contributed by atoms with Crippen LogP contribution in [0.15, 0.2) is 42.5 Å². The summed E-state index contributed by atoms with van der Waals surface area (Å²) < 4.78 is 0. The number of phenolic OH excluding ortho intramolecular Hbond substituents is 1. The molecule has 2 N–H and O–H groups in total. The Kier molecular flexibility index (Phi) is 3.85. The van der Waals surface area contributed by atoms with Crippen LogP contribution in [0, 0.1) is 13.8 Å². The first-order chi connectivity index (χ1) is 9.06. The SMILES string of the molecule is Cc1ccc(C(=O)NCc2cccc(O)c2)c(C)c1. The van der Waals surface area contributed by atoms with Gasteiger partial charge in [-0.25, -0.2) is 0 Å². The first-order valence-electron chi connectivity index (χ1n) is 6.19. The van der Waals surface area contributed by atoms with E-state index < -0.39 is 0 Å². The van der Waals surface area contributed by atoms with Gasteiger partial charge in [-0.05, 0) is 43.2 Å². The van der Waals surface area contributed by atoms with Crippen LogP contribution >= 0.6 is 0 Å². The van der Waals surface area contributed by atoms with Crippen LogP contribution in [0.2, 0.25) is 0 Å². The predicted octanol–water partition coefficient (Wildman–Crippen LogP) is 2.94. The fourth-order valence-corrected chi connectivity index (χ4v) is 2.01. The summed E-state index contributed by atoms with van der Waals surface area (Å²) in [5, 5.41) is 12.2. The number of hydrogen-bond donors (Lipinski definition) is 2. The number of aryl methyl sites for hydroxylation is 2. The Labute approximate surface area is 112 Å². The highest BCUT2D eigenvalue weighted by atomic mass is 16.3. The molecule has 0 aliphatic carbocycles. The number of nitrogens with one attached hydrogen (secondary N) is 1. The lowest BCUT2D eigenvalue weighted by molar-refractivity contribution is 0.0950. The van der Waals surface area contributed by atoms with Crippen LogP contribution in [0.25, 0.3) is 0 Å². The molecule has 2 aromatic carbocycles. The van der Waals surface area contributed by atoms with Gasteiger partial charge in [0.1, 0.15) is 5.75 Å². The minimum atomic E-state index is -0.0964. The monoisotopic (exact) mass is 255 g/mol. The Morgan fingerprint density at radius 3 is 2.63 bits per heavy atom. The highest BCUT2D eigenvalue weighted by molar-refractivity contribution is 5.95. The van der Waals surface area contributed by atoms with Gasteiger partial charge in [0.05, 0.1) is 0 Å². The fraction of sp³-hybridized carbons (Fsp3) is 0.188. The lowest BCUT2D eigenvalue weighted by Crippen LogP contribution is -2.23. The molecule has 2 rings (SSSR count). The highest BCUT2D eigenvalue weighted by Gasteiger charge is 2.08. The van der Waals surface area contributed by atoms with E-state index in [0.29, 0.717) is 12.1 Å². The minimum Gasteiger partial charge on any atom is -0.508 e. The van der Waals surface area contributed by atoms with Gasteiger partial charge in [-0.3, -0.25) is 4.79 Å². The number of hydrogen-bond acceptors (Lipinski definition) is 2. The number of carbonyl (C=O) groups excluding carboxylic acids is 1. The second kappa shape index (κ2) is 5.57. The minimum absolute atomic E-state index is 0.0964. The van der Waals surface area contributed by atoms with Gasteiger partial charge < -0.3 is 10.4 Å². The van der Waals surface area contributed by atoms with Crippen molar-refractivity contribution in [2.75, 3.05) is 0 Å². The summed E-state index contributed by atoms with van der Waals surface area (Å²) in [7, 11) is 0. The van der Waals surface area contributed by atoms with E-state index in [4.69, 9.17) is 0 Å². The Balaban J connectivity index is 2.05. The molecule has 1 amide bonds. The maximum Gasteiger partial charge on any atom is 0.251 e. The van der Waals surface area contributed by atoms with Crippen molar-refractivity contribution in [3.63, 3.8) is 0 Å². The van der Waals surface area contributed by atoms with Gasteiger partial charge in [0.15, 0.2) is 0 Å². The summed E-state index contributed by atoms with van der Waals surface area (Å²) in [5.41, 5.74) is 3.67. The van der Waals surface area contributed by atoms with Crippen LogP contribution in [0.1, 0.15) is 27.0 Å². The standard InChI is InChI=1S/C16H17NO2/c1-11-6-7-15(12(2)8-11)16(19)17-10-13-4-3-5-14(18)9-13/h3-9,18H,10H2,1-2H3,(H,17,19). The molecular formula is C16H17NO2. The zero-order valence-electron chi connectivity index (χ0n) is 11.1. The maximum atomic E-state index is 12.1. The molecule has 0 aliphatic heterocycles. The summed E-state index contributed by atoms with van der Waals surface area (Å²) >= 11 is 0. The average molecular weight is 255 g/mol. The van der Waals surface area contributed by atoms with Gasteiger partial charge in [-0.1, -0.05) is 29.8 Å². The third kappa shape index (κ3) is 3.35. The Hall–Kier alpha value is -2.29. The largest absolute Gasteiger partial charge is 0.508 e. The van der Waals surface area contributed by atoms with Gasteiger partial charge in [0.25, 0.3) is 5.91 Å². The third-order valence-corrected chi connectivity index (χ3v) is 2.99. The maximum absolute atomic E-state index is 12.1. The van der Waals surface area contributed by atoms with E-state index in [1.165, 1.54) is 0 Å². The highest BCUT2D eigenvalue weighted by Crippen LogP contribution is 2.12. The molecule has 3 nitrogen and oxygen atoms in total. The molecular weight excluding hydrogens is 238 g/mol. The second-order valence-electron chi connectivity index (χ2n) is 4.67. The van der Waals surface area contributed by atoms with Gasteiger partial charge in [0.2, 0.25) is 0 Å². The molecule has 0 unspecified atom stereocenters. The van der Waals surface area contributed by atoms with Crippen molar-refractivity contribution < 1.29 is 9.90 Å². The van der Waals surface area contributed by atoms with Crippen LogP contribution < -0.4 is 5.32 Å². The van der Waals surface area contributed by atoms with Crippen LogP contribution in [-0.2, 0) is 6.54 Å². The molecule has 0 fully saturated rings. The number of carbonyl (C=O) groups is 1. The molecule has 0 spiro atoms. The van der Waals surface area contributed by atoms with E-state index >= 15 is 0 Å². The van der Waals surface area contributed by atoms with Crippen molar-refractivity contribution in [3.8, 4) is 5.75 Å². The quantitative estimate of drug-likeness (QED) is 0.886. The Bertz CT molecular complexity index is 605. The van der Waals surface area contributed by atoms with E-state index in [-0.39, 0.29) is 11.7 Å². The first kappa shape index (κ1) is 13.1. The molecule has 98 valence electrons. The molecule has 0 aliphatic rings. The second-order valence-corrected chi connectivity index (χ2v) is 4.67. The molecule has 0 saturated carbocycles. The lowest BCUT2D eigenvalue weighted by atomic mass is 10.1. The van der Waals surface area contributed by atoms with E-state index in [9.17, 15) is 9.90 Å². The topological polar surface area (TPSA) is 49.3 Å². The first-order valence-corrected chi connectivity index (χ1v) is 6.19. The van der Waals surface area contributed by atoms with E-state index in [0.717, 1.165) is 16.7 Å². The number of benzene rings is 2. The number of amides is 1. The van der Waals surface area contributed by atoms with E-state index in [1.54, 1.807) is 18.2 Å². The van der Waals surface area contributed by atoms with Crippen molar-refractivity contribution in [1.29, 1.82) is 0 Å². The number of phenols is 1. The summed E-state index contributed by atoms with van der Waals surface area (Å²) in [5.74, 6) is 0.110. The van der Waals surface area contributed by atoms with E-state index in [1.807, 2.05) is 38.1 Å². The van der Waals surface area contributed by atoms with Crippen molar-refractivity contribution in [3.05, 3.63) is 64.7 Å². The third-order valence-electron chi connectivity index (χ3n) is 2.99. The van der Waals surface area contributed by atoms with Crippen molar-refractivity contribution in [2.24, 2.45) is 0 Å². The number of rotatable bonds is 3. The van der Waals surface area contributed by atoms with Crippen molar-refractivity contribution in [2.45, 2.75) is 20.4 Å². The molecule has 0 bridgehead atoms. The van der Waals surface area contributed by atoms with E-state index in [2.05, 4.69) is 5.32 Å².